The molecule has 0 atom stereocenters. The molecule has 0 radical (unpaired) electrons. The van der Waals surface area contributed by atoms with Gasteiger partial charge < -0.3 is 10.5 Å². The Labute approximate surface area is 131 Å². The minimum atomic E-state index is 0.0357. The quantitative estimate of drug-likeness (QED) is 0.800. The molecule has 0 bridgehead atoms. The van der Waals surface area contributed by atoms with Crippen molar-refractivity contribution in [1.82, 2.24) is 0 Å². The third kappa shape index (κ3) is 3.92. The van der Waals surface area contributed by atoms with E-state index < -0.39 is 0 Å². The maximum Gasteiger partial charge on any atom is 0.123 e. The Bertz CT molecular complexity index is 644. The molecule has 112 valence electrons. The summed E-state index contributed by atoms with van der Waals surface area (Å²) in [6.45, 7) is 9.04. The lowest BCUT2D eigenvalue weighted by atomic mass is 9.86. The summed E-state index contributed by atoms with van der Waals surface area (Å²) in [5.41, 5.74) is 9.72. The van der Waals surface area contributed by atoms with Crippen LogP contribution in [0.1, 0.15) is 37.5 Å². The SMILES string of the molecule is Cc1ccc(C(C)(C)C)c(OCc2ccc(N)cc2Cl)c1. The highest BCUT2D eigenvalue weighted by atomic mass is 35.5. The summed E-state index contributed by atoms with van der Waals surface area (Å²) in [5.74, 6) is 0.912. The Morgan fingerprint density at radius 1 is 1.10 bits per heavy atom. The molecule has 0 spiro atoms. The molecule has 0 amide bonds. The highest BCUT2D eigenvalue weighted by Crippen LogP contribution is 2.33. The van der Waals surface area contributed by atoms with Crippen LogP contribution in [0.25, 0.3) is 0 Å². The lowest BCUT2D eigenvalue weighted by molar-refractivity contribution is 0.297. The van der Waals surface area contributed by atoms with E-state index in [0.29, 0.717) is 17.3 Å². The smallest absolute Gasteiger partial charge is 0.123 e. The fraction of sp³-hybridized carbons (Fsp3) is 0.333. The van der Waals surface area contributed by atoms with Crippen molar-refractivity contribution in [2.45, 2.75) is 39.7 Å². The summed E-state index contributed by atoms with van der Waals surface area (Å²) in [5, 5.41) is 0.639. The summed E-state index contributed by atoms with van der Waals surface area (Å²) in [7, 11) is 0. The van der Waals surface area contributed by atoms with Crippen molar-refractivity contribution in [2.24, 2.45) is 0 Å². The molecule has 2 rings (SSSR count). The largest absolute Gasteiger partial charge is 0.489 e. The fourth-order valence-electron chi connectivity index (χ4n) is 2.20. The highest BCUT2D eigenvalue weighted by Gasteiger charge is 2.19. The number of rotatable bonds is 3. The second-order valence-corrected chi connectivity index (χ2v) is 6.80. The average Bonchev–Trinajstić information content (AvgIpc) is 2.36. The third-order valence-corrected chi connectivity index (χ3v) is 3.76. The molecular weight excluding hydrogens is 282 g/mol. The second-order valence-electron chi connectivity index (χ2n) is 6.39. The van der Waals surface area contributed by atoms with Crippen molar-refractivity contribution in [3.05, 3.63) is 58.1 Å². The normalized spacial score (nSPS) is 11.5. The number of hydrogen-bond donors (Lipinski definition) is 1. The Morgan fingerprint density at radius 2 is 1.81 bits per heavy atom. The van der Waals surface area contributed by atoms with Crippen molar-refractivity contribution in [2.75, 3.05) is 5.73 Å². The van der Waals surface area contributed by atoms with Crippen molar-refractivity contribution in [3.8, 4) is 5.75 Å². The zero-order chi connectivity index (χ0) is 15.6. The van der Waals surface area contributed by atoms with Crippen LogP contribution in [0.5, 0.6) is 5.75 Å². The lowest BCUT2D eigenvalue weighted by Gasteiger charge is -2.23. The van der Waals surface area contributed by atoms with Crippen molar-refractivity contribution < 1.29 is 4.74 Å². The molecule has 0 saturated carbocycles. The molecule has 0 aliphatic carbocycles. The molecule has 0 aliphatic heterocycles. The standard InChI is InChI=1S/C18H22ClNO/c1-12-5-8-15(18(2,3)4)17(9-12)21-11-13-6-7-14(20)10-16(13)19/h5-10H,11,20H2,1-4H3. The molecule has 3 heteroatoms. The molecular formula is C18H22ClNO. The van der Waals surface area contributed by atoms with E-state index in [1.165, 1.54) is 11.1 Å². The summed E-state index contributed by atoms with van der Waals surface area (Å²) in [4.78, 5) is 0. The van der Waals surface area contributed by atoms with E-state index in [-0.39, 0.29) is 5.41 Å². The molecule has 2 aromatic rings. The molecule has 0 aromatic heterocycles. The van der Waals surface area contributed by atoms with Gasteiger partial charge in [0.25, 0.3) is 0 Å². The second kappa shape index (κ2) is 5.98. The summed E-state index contributed by atoms with van der Waals surface area (Å²) >= 11 is 6.20. The van der Waals surface area contributed by atoms with Gasteiger partial charge in [0.15, 0.2) is 0 Å². The molecule has 2 N–H and O–H groups in total. The molecule has 0 heterocycles. The number of aryl methyl sites for hydroxylation is 1. The van der Waals surface area contributed by atoms with Crippen LogP contribution < -0.4 is 10.5 Å². The number of halogens is 1. The maximum atomic E-state index is 6.20. The van der Waals surface area contributed by atoms with E-state index in [4.69, 9.17) is 22.1 Å². The lowest BCUT2D eigenvalue weighted by Crippen LogP contribution is -2.13. The molecule has 0 unspecified atom stereocenters. The predicted molar refractivity (Wildman–Crippen MR) is 90.1 cm³/mol. The first-order chi connectivity index (χ1) is 9.77. The molecule has 2 aromatic carbocycles. The van der Waals surface area contributed by atoms with Crippen molar-refractivity contribution in [1.29, 1.82) is 0 Å². The van der Waals surface area contributed by atoms with Crippen LogP contribution in [0.3, 0.4) is 0 Å². The van der Waals surface area contributed by atoms with Gasteiger partial charge in [-0.05, 0) is 41.7 Å². The van der Waals surface area contributed by atoms with Gasteiger partial charge in [-0.2, -0.15) is 0 Å². The van der Waals surface area contributed by atoms with Gasteiger partial charge in [-0.25, -0.2) is 0 Å². The molecule has 0 fully saturated rings. The van der Waals surface area contributed by atoms with Gasteiger partial charge in [-0.3, -0.25) is 0 Å². The van der Waals surface area contributed by atoms with Crippen LogP contribution in [-0.2, 0) is 12.0 Å². The van der Waals surface area contributed by atoms with E-state index >= 15 is 0 Å². The molecule has 2 nitrogen and oxygen atoms in total. The number of benzene rings is 2. The topological polar surface area (TPSA) is 35.2 Å². The maximum absolute atomic E-state index is 6.20. The minimum Gasteiger partial charge on any atom is -0.489 e. The highest BCUT2D eigenvalue weighted by molar-refractivity contribution is 6.31. The fourth-order valence-corrected chi connectivity index (χ4v) is 2.45. The Kier molecular flexibility index (Phi) is 4.48. The monoisotopic (exact) mass is 303 g/mol. The Morgan fingerprint density at radius 3 is 2.43 bits per heavy atom. The number of hydrogen-bond acceptors (Lipinski definition) is 2. The van der Waals surface area contributed by atoms with Crippen LogP contribution in [0, 0.1) is 6.92 Å². The zero-order valence-corrected chi connectivity index (χ0v) is 13.8. The van der Waals surface area contributed by atoms with Crippen LogP contribution in [0.15, 0.2) is 36.4 Å². The Hall–Kier alpha value is -1.67. The van der Waals surface area contributed by atoms with Gasteiger partial charge in [0.2, 0.25) is 0 Å². The first-order valence-electron chi connectivity index (χ1n) is 7.05. The van der Waals surface area contributed by atoms with E-state index in [9.17, 15) is 0 Å². The van der Waals surface area contributed by atoms with Crippen LogP contribution in [0.2, 0.25) is 5.02 Å². The molecule has 0 saturated heterocycles. The Balaban J connectivity index is 2.25. The summed E-state index contributed by atoms with van der Waals surface area (Å²) < 4.78 is 6.03. The average molecular weight is 304 g/mol. The van der Waals surface area contributed by atoms with Gasteiger partial charge in [0, 0.05) is 16.3 Å². The van der Waals surface area contributed by atoms with E-state index in [2.05, 4.69) is 45.9 Å². The summed E-state index contributed by atoms with van der Waals surface area (Å²) in [6.07, 6.45) is 0. The predicted octanol–water partition coefficient (Wildman–Crippen LogP) is 5.11. The number of ether oxygens (including phenoxy) is 1. The van der Waals surface area contributed by atoms with E-state index in [0.717, 1.165) is 11.3 Å². The van der Waals surface area contributed by atoms with Crippen molar-refractivity contribution >= 4 is 17.3 Å². The molecule has 0 aliphatic rings. The van der Waals surface area contributed by atoms with E-state index in [1.54, 1.807) is 6.07 Å². The van der Waals surface area contributed by atoms with Crippen LogP contribution in [0.4, 0.5) is 5.69 Å². The number of nitrogen functional groups attached to an aromatic ring is 1. The van der Waals surface area contributed by atoms with Gasteiger partial charge in [-0.1, -0.05) is 50.6 Å². The first kappa shape index (κ1) is 15.7. The van der Waals surface area contributed by atoms with Crippen LogP contribution in [-0.4, -0.2) is 0 Å². The zero-order valence-electron chi connectivity index (χ0n) is 13.0. The summed E-state index contributed by atoms with van der Waals surface area (Å²) in [6, 6.07) is 11.8. The number of nitrogens with two attached hydrogens (primary N) is 1. The van der Waals surface area contributed by atoms with Crippen LogP contribution >= 0.6 is 11.6 Å². The minimum absolute atomic E-state index is 0.0357. The van der Waals surface area contributed by atoms with Gasteiger partial charge >= 0.3 is 0 Å². The number of anilines is 1. The van der Waals surface area contributed by atoms with Gasteiger partial charge in [0.1, 0.15) is 12.4 Å². The van der Waals surface area contributed by atoms with E-state index in [1.807, 2.05) is 12.1 Å². The molecule has 21 heavy (non-hydrogen) atoms. The first-order valence-corrected chi connectivity index (χ1v) is 7.43. The van der Waals surface area contributed by atoms with Gasteiger partial charge in [0.05, 0.1) is 0 Å². The third-order valence-electron chi connectivity index (χ3n) is 3.41. The van der Waals surface area contributed by atoms with Crippen molar-refractivity contribution in [3.63, 3.8) is 0 Å². The van der Waals surface area contributed by atoms with Gasteiger partial charge in [-0.15, -0.1) is 0 Å².